The van der Waals surface area contributed by atoms with Crippen LogP contribution in [-0.2, 0) is 0 Å². The van der Waals surface area contributed by atoms with Gasteiger partial charge in [-0.3, -0.25) is 0 Å². The largest absolute Gasteiger partial charge is 0.361 e. The van der Waals surface area contributed by atoms with E-state index < -0.39 is 0 Å². The van der Waals surface area contributed by atoms with E-state index in [1.165, 1.54) is 12.8 Å². The van der Waals surface area contributed by atoms with Crippen molar-refractivity contribution in [2.75, 3.05) is 5.32 Å². The first-order chi connectivity index (χ1) is 9.54. The number of hydrogen-bond acceptors (Lipinski definition) is 5. The molecule has 0 saturated heterocycles. The number of aromatic nitrogens is 3. The van der Waals surface area contributed by atoms with Gasteiger partial charge in [-0.15, -0.1) is 11.3 Å². The normalized spacial score (nSPS) is 16.2. The molecule has 6 heteroatoms. The lowest BCUT2D eigenvalue weighted by Crippen LogP contribution is -2.11. The van der Waals surface area contributed by atoms with Gasteiger partial charge in [-0.2, -0.15) is 0 Å². The fourth-order valence-electron chi connectivity index (χ4n) is 2.01. The SMILES string of the molecule is Cc1csc(C(C)Nc2nc(C3CC3)nc(Cl)c2C)n1. The van der Waals surface area contributed by atoms with E-state index >= 15 is 0 Å². The van der Waals surface area contributed by atoms with Crippen LogP contribution >= 0.6 is 22.9 Å². The molecule has 2 heterocycles. The Morgan fingerprint density at radius 1 is 1.30 bits per heavy atom. The van der Waals surface area contributed by atoms with Crippen molar-refractivity contribution in [2.24, 2.45) is 0 Å². The summed E-state index contributed by atoms with van der Waals surface area (Å²) in [5, 5.41) is 7.08. The number of anilines is 1. The summed E-state index contributed by atoms with van der Waals surface area (Å²) in [6.07, 6.45) is 2.33. The molecule has 1 saturated carbocycles. The highest BCUT2D eigenvalue weighted by molar-refractivity contribution is 7.09. The van der Waals surface area contributed by atoms with Crippen molar-refractivity contribution < 1.29 is 0 Å². The van der Waals surface area contributed by atoms with E-state index in [0.29, 0.717) is 11.1 Å². The lowest BCUT2D eigenvalue weighted by atomic mass is 10.2. The van der Waals surface area contributed by atoms with Crippen LogP contribution in [0.4, 0.5) is 5.82 Å². The van der Waals surface area contributed by atoms with Crippen LogP contribution < -0.4 is 5.32 Å². The van der Waals surface area contributed by atoms with Crippen LogP contribution in [0.25, 0.3) is 0 Å². The van der Waals surface area contributed by atoms with Crippen molar-refractivity contribution in [3.05, 3.63) is 32.6 Å². The van der Waals surface area contributed by atoms with Gasteiger partial charge >= 0.3 is 0 Å². The maximum atomic E-state index is 6.22. The van der Waals surface area contributed by atoms with Gasteiger partial charge < -0.3 is 5.32 Å². The molecule has 20 heavy (non-hydrogen) atoms. The lowest BCUT2D eigenvalue weighted by molar-refractivity contribution is 0.835. The number of nitrogens with zero attached hydrogens (tertiary/aromatic N) is 3. The number of hydrogen-bond donors (Lipinski definition) is 1. The maximum absolute atomic E-state index is 6.22. The Morgan fingerprint density at radius 3 is 2.65 bits per heavy atom. The van der Waals surface area contributed by atoms with E-state index in [2.05, 4.69) is 32.6 Å². The van der Waals surface area contributed by atoms with E-state index in [1.807, 2.05) is 13.8 Å². The van der Waals surface area contributed by atoms with Gasteiger partial charge in [0, 0.05) is 22.6 Å². The summed E-state index contributed by atoms with van der Waals surface area (Å²) in [4.78, 5) is 13.5. The van der Waals surface area contributed by atoms with Crippen LogP contribution in [0.15, 0.2) is 5.38 Å². The highest BCUT2D eigenvalue weighted by Gasteiger charge is 2.28. The van der Waals surface area contributed by atoms with Gasteiger partial charge in [0.15, 0.2) is 0 Å². The number of rotatable bonds is 4. The van der Waals surface area contributed by atoms with Crippen LogP contribution in [-0.4, -0.2) is 15.0 Å². The van der Waals surface area contributed by atoms with Gasteiger partial charge in [0.2, 0.25) is 0 Å². The lowest BCUT2D eigenvalue weighted by Gasteiger charge is -2.15. The van der Waals surface area contributed by atoms with E-state index in [9.17, 15) is 0 Å². The predicted molar refractivity (Wildman–Crippen MR) is 82.6 cm³/mol. The molecule has 2 aromatic rings. The average Bonchev–Trinajstić information content (AvgIpc) is 3.16. The number of aryl methyl sites for hydroxylation is 1. The molecule has 3 rings (SSSR count). The predicted octanol–water partition coefficient (Wildman–Crippen LogP) is 4.25. The third kappa shape index (κ3) is 2.79. The fourth-order valence-corrected chi connectivity index (χ4v) is 2.99. The average molecular weight is 309 g/mol. The Labute approximate surface area is 127 Å². The molecule has 1 N–H and O–H groups in total. The van der Waals surface area contributed by atoms with Crippen LogP contribution in [0.3, 0.4) is 0 Å². The Kier molecular flexibility index (Phi) is 3.65. The number of thiazole rings is 1. The molecule has 1 atom stereocenters. The summed E-state index contributed by atoms with van der Waals surface area (Å²) < 4.78 is 0. The Morgan fingerprint density at radius 2 is 2.05 bits per heavy atom. The Bertz CT molecular complexity index is 636. The first kappa shape index (κ1) is 13.8. The van der Waals surface area contributed by atoms with Gasteiger partial charge in [0.1, 0.15) is 21.8 Å². The number of halogens is 1. The van der Waals surface area contributed by atoms with Crippen molar-refractivity contribution >= 4 is 28.8 Å². The van der Waals surface area contributed by atoms with Gasteiger partial charge in [0.25, 0.3) is 0 Å². The van der Waals surface area contributed by atoms with Crippen molar-refractivity contribution in [3.8, 4) is 0 Å². The summed E-state index contributed by atoms with van der Waals surface area (Å²) in [7, 11) is 0. The standard InChI is InChI=1S/C14H17ClN4S/c1-7-6-20-14(16-7)9(3)17-12-8(2)11(15)18-13(19-12)10-4-5-10/h6,9-10H,4-5H2,1-3H3,(H,17,18,19). The summed E-state index contributed by atoms with van der Waals surface area (Å²) in [6.45, 7) is 6.04. The third-order valence-corrected chi connectivity index (χ3v) is 4.92. The highest BCUT2D eigenvalue weighted by atomic mass is 35.5. The first-order valence-corrected chi connectivity index (χ1v) is 8.03. The molecule has 0 aromatic carbocycles. The Hall–Kier alpha value is -1.20. The van der Waals surface area contributed by atoms with E-state index in [4.69, 9.17) is 11.6 Å². The second-order valence-corrected chi connectivity index (χ2v) is 6.56. The molecule has 2 aromatic heterocycles. The van der Waals surface area contributed by atoms with Gasteiger partial charge in [-0.25, -0.2) is 15.0 Å². The Balaban J connectivity index is 1.85. The minimum atomic E-state index is 0.116. The van der Waals surface area contributed by atoms with E-state index in [-0.39, 0.29) is 6.04 Å². The molecule has 0 radical (unpaired) electrons. The molecule has 0 bridgehead atoms. The molecular formula is C14H17ClN4S. The van der Waals surface area contributed by atoms with Crippen molar-refractivity contribution in [1.82, 2.24) is 15.0 Å². The van der Waals surface area contributed by atoms with Crippen LogP contribution in [0.5, 0.6) is 0 Å². The molecule has 1 unspecified atom stereocenters. The molecule has 1 fully saturated rings. The van der Waals surface area contributed by atoms with Crippen LogP contribution in [0, 0.1) is 13.8 Å². The monoisotopic (exact) mass is 308 g/mol. The van der Waals surface area contributed by atoms with Crippen molar-refractivity contribution in [2.45, 2.75) is 45.6 Å². The maximum Gasteiger partial charge on any atom is 0.137 e. The van der Waals surface area contributed by atoms with Gasteiger partial charge in [-0.1, -0.05) is 11.6 Å². The molecule has 4 nitrogen and oxygen atoms in total. The highest BCUT2D eigenvalue weighted by Crippen LogP contribution is 2.39. The van der Waals surface area contributed by atoms with Crippen molar-refractivity contribution in [1.29, 1.82) is 0 Å². The summed E-state index contributed by atoms with van der Waals surface area (Å²) in [6, 6.07) is 0.116. The summed E-state index contributed by atoms with van der Waals surface area (Å²) >= 11 is 7.88. The zero-order valence-corrected chi connectivity index (χ0v) is 13.3. The minimum Gasteiger partial charge on any atom is -0.361 e. The molecule has 0 aliphatic heterocycles. The molecule has 1 aliphatic carbocycles. The van der Waals surface area contributed by atoms with Gasteiger partial charge in [-0.05, 0) is 33.6 Å². The fraction of sp³-hybridized carbons (Fsp3) is 0.500. The molecule has 1 aliphatic rings. The number of nitrogens with one attached hydrogen (secondary N) is 1. The van der Waals surface area contributed by atoms with E-state index in [0.717, 1.165) is 27.9 Å². The second kappa shape index (κ2) is 5.30. The summed E-state index contributed by atoms with van der Waals surface area (Å²) in [5.41, 5.74) is 1.95. The topological polar surface area (TPSA) is 50.7 Å². The van der Waals surface area contributed by atoms with Gasteiger partial charge in [0.05, 0.1) is 6.04 Å². The second-order valence-electron chi connectivity index (χ2n) is 5.31. The van der Waals surface area contributed by atoms with E-state index in [1.54, 1.807) is 11.3 Å². The van der Waals surface area contributed by atoms with Crippen LogP contribution in [0.1, 0.15) is 53.8 Å². The molecular weight excluding hydrogens is 292 g/mol. The van der Waals surface area contributed by atoms with Crippen molar-refractivity contribution in [3.63, 3.8) is 0 Å². The quantitative estimate of drug-likeness (QED) is 0.858. The van der Waals surface area contributed by atoms with Crippen LogP contribution in [0.2, 0.25) is 5.15 Å². The molecule has 0 amide bonds. The zero-order valence-electron chi connectivity index (χ0n) is 11.8. The zero-order chi connectivity index (χ0) is 14.3. The first-order valence-electron chi connectivity index (χ1n) is 6.77. The summed E-state index contributed by atoms with van der Waals surface area (Å²) in [5.74, 6) is 2.18. The molecule has 106 valence electrons. The minimum absolute atomic E-state index is 0.116. The third-order valence-electron chi connectivity index (χ3n) is 3.41. The smallest absolute Gasteiger partial charge is 0.137 e. The molecule has 0 spiro atoms.